The Balaban J connectivity index is 1.20. The van der Waals surface area contributed by atoms with Crippen LogP contribution in [0.2, 0.25) is 19.6 Å². The van der Waals surface area contributed by atoms with Crippen LogP contribution < -0.4 is 36.3 Å². The van der Waals surface area contributed by atoms with Crippen molar-refractivity contribution >= 4 is 76.2 Å². The van der Waals surface area contributed by atoms with Crippen LogP contribution in [-0.2, 0) is 39.0 Å². The summed E-state index contributed by atoms with van der Waals surface area (Å²) < 4.78 is 0. The maximum Gasteiger partial charge on any atom is 0.252 e. The largest absolute Gasteiger partial charge is 0.335 e. The number of hydrogen-bond donors (Lipinski definition) is 0. The van der Waals surface area contributed by atoms with Crippen molar-refractivity contribution in [1.82, 2.24) is 0 Å². The number of aryl methyl sites for hydroxylation is 1. The summed E-state index contributed by atoms with van der Waals surface area (Å²) in [5.74, 6) is 0. The van der Waals surface area contributed by atoms with Crippen molar-refractivity contribution < 1.29 is 0 Å². The molecule has 4 heterocycles. The Hall–Kier alpha value is -5.78. The van der Waals surface area contributed by atoms with E-state index in [0.29, 0.717) is 0 Å². The lowest BCUT2D eigenvalue weighted by atomic mass is 9.33. The van der Waals surface area contributed by atoms with Crippen molar-refractivity contribution in [3.8, 4) is 11.1 Å². The predicted octanol–water partition coefficient (Wildman–Crippen LogP) is 16.4. The van der Waals surface area contributed by atoms with Crippen LogP contribution in [0.1, 0.15) is 161 Å². The predicted molar refractivity (Wildman–Crippen MR) is 331 cm³/mol. The second kappa shape index (κ2) is 15.9. The van der Waals surface area contributed by atoms with Gasteiger partial charge in [-0.15, -0.1) is 0 Å². The fraction of sp³-hybridized carbons (Fsp3) is 0.408. The lowest BCUT2D eigenvalue weighted by Crippen LogP contribution is -2.65. The summed E-state index contributed by atoms with van der Waals surface area (Å²) in [6.45, 7) is 39.7. The van der Waals surface area contributed by atoms with Crippen molar-refractivity contribution in [2.75, 3.05) is 14.7 Å². The molecule has 4 unspecified atom stereocenters. The Morgan fingerprint density at radius 2 is 1.09 bits per heavy atom. The van der Waals surface area contributed by atoms with Gasteiger partial charge in [-0.3, -0.25) is 0 Å². The van der Waals surface area contributed by atoms with E-state index in [0.717, 1.165) is 19.3 Å². The highest BCUT2D eigenvalue weighted by atomic mass is 28.3. The number of hydrogen-bond acceptors (Lipinski definition) is 3. The van der Waals surface area contributed by atoms with Crippen molar-refractivity contribution in [3.05, 3.63) is 172 Å². The minimum absolute atomic E-state index is 0.0170. The maximum absolute atomic E-state index is 2.98. The van der Waals surface area contributed by atoms with Gasteiger partial charge in [0.15, 0.2) is 0 Å². The SMILES string of the molecule is CC(C)(C)c1ccc2c(c1)B1c3cc([Si](C)(C)C)cc4c3N(c3cc(N5c6ccc(C(C)(C)C)cc6C6(C)CCc7ccccc7C56C)cc(c31)N2c1ccc(C(C)(C)C)cc1-c1ccccc1)C1(C)CCCCC41C. The average molecular weight is 1020 g/mol. The third-order valence-corrected chi connectivity index (χ3v) is 22.9. The van der Waals surface area contributed by atoms with Crippen LogP contribution in [0, 0.1) is 0 Å². The molecule has 0 aromatic heterocycles. The number of fused-ring (bicyclic) bond motifs is 12. The molecule has 2 aliphatic carbocycles. The number of anilines is 7. The summed E-state index contributed by atoms with van der Waals surface area (Å²) in [4.78, 5) is 8.59. The quantitative estimate of drug-likeness (QED) is 0.163. The van der Waals surface area contributed by atoms with E-state index in [4.69, 9.17) is 0 Å². The summed E-state index contributed by atoms with van der Waals surface area (Å²) in [7, 11) is -1.80. The number of rotatable bonds is 4. The van der Waals surface area contributed by atoms with Gasteiger partial charge in [-0.05, 0) is 153 Å². The molecule has 0 spiro atoms. The molecule has 4 aliphatic heterocycles. The molecule has 388 valence electrons. The van der Waals surface area contributed by atoms with E-state index in [1.165, 1.54) is 120 Å². The highest BCUT2D eigenvalue weighted by molar-refractivity contribution is 7.01. The zero-order chi connectivity index (χ0) is 53.7. The second-order valence-electron chi connectivity index (χ2n) is 29.3. The summed E-state index contributed by atoms with van der Waals surface area (Å²) in [5.41, 5.74) is 25.7. The molecule has 7 aromatic carbocycles. The standard InChI is InChI=1S/C71H82BN3Si/c1-65(2,3)47-28-31-58(52(38-47)45-24-18-17-19-25-45)73-60-33-30-49(67(7,8)9)40-56(60)72-57-44-51(76(14,15)16)43-55-64(57)75(70(12)36-23-22-35-68(55,70)10)62-42-50(41-61(73)63(62)72)74-59-32-29-48(66(4,5)6)39-54(59)69(11)37-34-46-26-20-21-27-53(46)71(69,74)13/h17-21,24-33,38-44H,22-23,34-37H2,1-16H3. The van der Waals surface area contributed by atoms with Crippen LogP contribution in [0.25, 0.3) is 11.1 Å². The molecule has 0 N–H and O–H groups in total. The second-order valence-corrected chi connectivity index (χ2v) is 34.4. The topological polar surface area (TPSA) is 9.72 Å². The number of benzene rings is 7. The molecular formula is C71H82BN3Si. The maximum atomic E-state index is 2.98. The van der Waals surface area contributed by atoms with Gasteiger partial charge in [-0.2, -0.15) is 0 Å². The molecule has 6 aliphatic rings. The van der Waals surface area contributed by atoms with Crippen LogP contribution in [0.15, 0.2) is 133 Å². The fourth-order valence-corrected chi connectivity index (χ4v) is 17.0. The Labute approximate surface area is 458 Å². The van der Waals surface area contributed by atoms with E-state index in [1.54, 1.807) is 10.8 Å². The van der Waals surface area contributed by atoms with E-state index < -0.39 is 8.07 Å². The van der Waals surface area contributed by atoms with E-state index in [-0.39, 0.29) is 44.9 Å². The average Bonchev–Trinajstić information content (AvgIpc) is 3.83. The third kappa shape index (κ3) is 6.66. The van der Waals surface area contributed by atoms with Crippen LogP contribution >= 0.6 is 0 Å². The van der Waals surface area contributed by atoms with Gasteiger partial charge in [-0.25, -0.2) is 0 Å². The van der Waals surface area contributed by atoms with Crippen molar-refractivity contribution in [1.29, 1.82) is 0 Å². The van der Waals surface area contributed by atoms with E-state index in [1.807, 2.05) is 0 Å². The monoisotopic (exact) mass is 1020 g/mol. The molecule has 0 saturated heterocycles. The molecular weight excluding hydrogens is 934 g/mol. The van der Waals surface area contributed by atoms with E-state index in [9.17, 15) is 0 Å². The van der Waals surface area contributed by atoms with Gasteiger partial charge in [0.25, 0.3) is 6.71 Å². The summed E-state index contributed by atoms with van der Waals surface area (Å²) in [5, 5.41) is 1.59. The lowest BCUT2D eigenvalue weighted by molar-refractivity contribution is 0.195. The zero-order valence-corrected chi connectivity index (χ0v) is 49.9. The van der Waals surface area contributed by atoms with Crippen LogP contribution in [0.5, 0.6) is 0 Å². The molecule has 0 amide bonds. The molecule has 1 saturated carbocycles. The fourth-order valence-electron chi connectivity index (χ4n) is 15.8. The van der Waals surface area contributed by atoms with Crippen molar-refractivity contribution in [2.45, 2.75) is 186 Å². The first-order valence-electron chi connectivity index (χ1n) is 29.1. The molecule has 0 radical (unpaired) electrons. The molecule has 3 nitrogen and oxygen atoms in total. The third-order valence-electron chi connectivity index (χ3n) is 20.8. The van der Waals surface area contributed by atoms with Crippen LogP contribution in [0.4, 0.5) is 39.8 Å². The molecule has 7 aromatic rings. The normalized spacial score (nSPS) is 24.1. The van der Waals surface area contributed by atoms with Gasteiger partial charge in [0, 0.05) is 50.5 Å². The molecule has 5 heteroatoms. The van der Waals surface area contributed by atoms with E-state index >= 15 is 0 Å². The first-order valence-corrected chi connectivity index (χ1v) is 32.6. The molecule has 1 fully saturated rings. The molecule has 76 heavy (non-hydrogen) atoms. The van der Waals surface area contributed by atoms with Crippen LogP contribution in [0.3, 0.4) is 0 Å². The Morgan fingerprint density at radius 1 is 0.487 bits per heavy atom. The highest BCUT2D eigenvalue weighted by Gasteiger charge is 2.64. The Kier molecular flexibility index (Phi) is 10.4. The Morgan fingerprint density at radius 3 is 1.78 bits per heavy atom. The van der Waals surface area contributed by atoms with Crippen molar-refractivity contribution in [3.63, 3.8) is 0 Å². The minimum Gasteiger partial charge on any atom is -0.335 e. The van der Waals surface area contributed by atoms with Gasteiger partial charge < -0.3 is 14.7 Å². The van der Waals surface area contributed by atoms with Gasteiger partial charge in [0.05, 0.1) is 24.8 Å². The smallest absolute Gasteiger partial charge is 0.252 e. The lowest BCUT2D eigenvalue weighted by Gasteiger charge is -2.54. The molecule has 0 bridgehead atoms. The molecule has 4 atom stereocenters. The van der Waals surface area contributed by atoms with Gasteiger partial charge in [-0.1, -0.05) is 211 Å². The summed E-state index contributed by atoms with van der Waals surface area (Å²) >= 11 is 0. The summed E-state index contributed by atoms with van der Waals surface area (Å²) in [6, 6.07) is 54.2. The first-order chi connectivity index (χ1) is 35.7. The number of nitrogens with zero attached hydrogens (tertiary/aromatic N) is 3. The minimum atomic E-state index is -1.80. The van der Waals surface area contributed by atoms with Gasteiger partial charge in [0.2, 0.25) is 0 Å². The van der Waals surface area contributed by atoms with E-state index in [2.05, 4.69) is 258 Å². The first kappa shape index (κ1) is 49.8. The Bertz CT molecular complexity index is 3580. The van der Waals surface area contributed by atoms with Gasteiger partial charge in [0.1, 0.15) is 0 Å². The zero-order valence-electron chi connectivity index (χ0n) is 48.9. The highest BCUT2D eigenvalue weighted by Crippen LogP contribution is 2.66. The summed E-state index contributed by atoms with van der Waals surface area (Å²) in [6.07, 6.45) is 7.04. The van der Waals surface area contributed by atoms with Crippen molar-refractivity contribution in [2.24, 2.45) is 0 Å². The molecule has 13 rings (SSSR count). The van der Waals surface area contributed by atoms with Crippen LogP contribution in [-0.4, -0.2) is 20.3 Å². The van der Waals surface area contributed by atoms with Gasteiger partial charge >= 0.3 is 0 Å².